The molecule has 3 rings (SSSR count). The zero-order valence-corrected chi connectivity index (χ0v) is 13.5. The number of nitrogens with zero attached hydrogens (tertiary/aromatic N) is 4. The topological polar surface area (TPSA) is 56.2 Å². The Balaban J connectivity index is 1.54. The van der Waals surface area contributed by atoms with Crippen molar-refractivity contribution in [3.05, 3.63) is 22.4 Å². The number of hydrogen-bond acceptors (Lipinski definition) is 5. The highest BCUT2D eigenvalue weighted by molar-refractivity contribution is 7.07. The largest absolute Gasteiger partial charge is 0.335 e. The van der Waals surface area contributed by atoms with Gasteiger partial charge in [0, 0.05) is 52.6 Å². The Morgan fingerprint density at radius 2 is 2.05 bits per heavy atom. The molecule has 3 heterocycles. The van der Waals surface area contributed by atoms with Gasteiger partial charge in [-0.1, -0.05) is 0 Å². The van der Waals surface area contributed by atoms with Gasteiger partial charge in [0.05, 0.1) is 0 Å². The van der Waals surface area contributed by atoms with Crippen LogP contribution >= 0.6 is 11.3 Å². The SMILES string of the molecule is CN1N=C(C(=O)N2CCN(Cc3ccsc3)CC2)CCC1=O. The van der Waals surface area contributed by atoms with Gasteiger partial charge in [0.25, 0.3) is 5.91 Å². The van der Waals surface area contributed by atoms with Crippen molar-refractivity contribution in [1.29, 1.82) is 0 Å². The molecule has 2 aliphatic heterocycles. The quantitative estimate of drug-likeness (QED) is 0.835. The average Bonchev–Trinajstić information content (AvgIpc) is 3.03. The Kier molecular flexibility index (Phi) is 4.54. The molecule has 1 aromatic rings. The van der Waals surface area contributed by atoms with Gasteiger partial charge in [-0.25, -0.2) is 5.01 Å². The van der Waals surface area contributed by atoms with Crippen molar-refractivity contribution in [2.24, 2.45) is 5.10 Å². The fraction of sp³-hybridized carbons (Fsp3) is 0.533. The molecule has 2 aliphatic rings. The van der Waals surface area contributed by atoms with E-state index in [0.717, 1.165) is 32.7 Å². The summed E-state index contributed by atoms with van der Waals surface area (Å²) in [4.78, 5) is 28.1. The monoisotopic (exact) mass is 320 g/mol. The van der Waals surface area contributed by atoms with Crippen LogP contribution in [0.5, 0.6) is 0 Å². The Morgan fingerprint density at radius 1 is 1.27 bits per heavy atom. The smallest absolute Gasteiger partial charge is 0.270 e. The standard InChI is InChI=1S/C15H20N4O2S/c1-17-14(20)3-2-13(16-17)15(21)19-7-5-18(6-8-19)10-12-4-9-22-11-12/h4,9,11H,2-3,5-8,10H2,1H3. The van der Waals surface area contributed by atoms with Crippen LogP contribution in [0.2, 0.25) is 0 Å². The number of hydrogen-bond donors (Lipinski definition) is 0. The van der Waals surface area contributed by atoms with E-state index in [1.807, 2.05) is 4.90 Å². The van der Waals surface area contributed by atoms with E-state index in [9.17, 15) is 9.59 Å². The summed E-state index contributed by atoms with van der Waals surface area (Å²) in [7, 11) is 1.60. The van der Waals surface area contributed by atoms with Crippen LogP contribution in [0.4, 0.5) is 0 Å². The van der Waals surface area contributed by atoms with E-state index in [0.29, 0.717) is 18.6 Å². The highest BCUT2D eigenvalue weighted by atomic mass is 32.1. The van der Waals surface area contributed by atoms with Gasteiger partial charge in [0.2, 0.25) is 5.91 Å². The molecule has 2 amide bonds. The molecular weight excluding hydrogens is 300 g/mol. The second kappa shape index (κ2) is 6.58. The fourth-order valence-corrected chi connectivity index (χ4v) is 3.42. The summed E-state index contributed by atoms with van der Waals surface area (Å²) in [5.41, 5.74) is 1.84. The third-order valence-corrected chi connectivity index (χ3v) is 4.83. The van der Waals surface area contributed by atoms with Gasteiger partial charge in [-0.3, -0.25) is 14.5 Å². The van der Waals surface area contributed by atoms with Crippen LogP contribution in [0.3, 0.4) is 0 Å². The van der Waals surface area contributed by atoms with Crippen molar-refractivity contribution in [1.82, 2.24) is 14.8 Å². The summed E-state index contributed by atoms with van der Waals surface area (Å²) < 4.78 is 0. The molecule has 6 nitrogen and oxygen atoms in total. The lowest BCUT2D eigenvalue weighted by atomic mass is 10.1. The molecule has 0 aromatic carbocycles. The summed E-state index contributed by atoms with van der Waals surface area (Å²) in [6.07, 6.45) is 0.830. The molecule has 1 saturated heterocycles. The van der Waals surface area contributed by atoms with E-state index >= 15 is 0 Å². The van der Waals surface area contributed by atoms with Crippen LogP contribution in [0.15, 0.2) is 21.9 Å². The summed E-state index contributed by atoms with van der Waals surface area (Å²) in [5.74, 6) is -0.0494. The van der Waals surface area contributed by atoms with Gasteiger partial charge in [-0.15, -0.1) is 0 Å². The number of hydrazone groups is 1. The lowest BCUT2D eigenvalue weighted by Crippen LogP contribution is -2.51. The first-order valence-corrected chi connectivity index (χ1v) is 8.44. The minimum Gasteiger partial charge on any atom is -0.335 e. The lowest BCUT2D eigenvalue weighted by Gasteiger charge is -2.35. The molecule has 7 heteroatoms. The zero-order chi connectivity index (χ0) is 15.5. The fourth-order valence-electron chi connectivity index (χ4n) is 2.76. The number of rotatable bonds is 3. The van der Waals surface area contributed by atoms with E-state index in [2.05, 4.69) is 26.8 Å². The molecule has 0 spiro atoms. The number of piperazine rings is 1. The summed E-state index contributed by atoms with van der Waals surface area (Å²) in [6, 6.07) is 2.14. The average molecular weight is 320 g/mol. The normalized spacial score (nSPS) is 20.2. The molecule has 0 N–H and O–H groups in total. The first-order chi connectivity index (χ1) is 10.6. The van der Waals surface area contributed by atoms with Gasteiger partial charge in [-0.05, 0) is 22.4 Å². The Bertz CT molecular complexity index is 576. The number of carbonyl (C=O) groups is 2. The predicted molar refractivity (Wildman–Crippen MR) is 85.6 cm³/mol. The molecule has 0 saturated carbocycles. The summed E-state index contributed by atoms with van der Waals surface area (Å²) in [6.45, 7) is 4.15. The van der Waals surface area contributed by atoms with Crippen molar-refractivity contribution in [2.75, 3.05) is 33.2 Å². The van der Waals surface area contributed by atoms with E-state index in [-0.39, 0.29) is 11.8 Å². The molecule has 0 aliphatic carbocycles. The molecule has 1 fully saturated rings. The maximum absolute atomic E-state index is 12.5. The van der Waals surface area contributed by atoms with Gasteiger partial charge >= 0.3 is 0 Å². The third kappa shape index (κ3) is 3.36. The Hall–Kier alpha value is -1.73. The Labute approximate surface area is 134 Å². The van der Waals surface area contributed by atoms with Crippen molar-refractivity contribution in [2.45, 2.75) is 19.4 Å². The molecule has 118 valence electrons. The van der Waals surface area contributed by atoms with Crippen LogP contribution in [0.25, 0.3) is 0 Å². The minimum absolute atomic E-state index is 0.0190. The molecule has 22 heavy (non-hydrogen) atoms. The van der Waals surface area contributed by atoms with E-state index in [4.69, 9.17) is 0 Å². The lowest BCUT2D eigenvalue weighted by molar-refractivity contribution is -0.131. The van der Waals surface area contributed by atoms with E-state index in [1.54, 1.807) is 18.4 Å². The van der Waals surface area contributed by atoms with Gasteiger partial charge in [-0.2, -0.15) is 16.4 Å². The maximum atomic E-state index is 12.5. The van der Waals surface area contributed by atoms with Crippen molar-refractivity contribution < 1.29 is 9.59 Å². The Morgan fingerprint density at radius 3 is 2.68 bits per heavy atom. The van der Waals surface area contributed by atoms with Crippen molar-refractivity contribution >= 4 is 28.9 Å². The first kappa shape index (κ1) is 15.2. The molecule has 0 atom stereocenters. The first-order valence-electron chi connectivity index (χ1n) is 7.50. The van der Waals surface area contributed by atoms with E-state index in [1.165, 1.54) is 10.6 Å². The second-order valence-electron chi connectivity index (χ2n) is 5.66. The second-order valence-corrected chi connectivity index (χ2v) is 6.44. The van der Waals surface area contributed by atoms with Crippen molar-refractivity contribution in [3.8, 4) is 0 Å². The third-order valence-electron chi connectivity index (χ3n) is 4.10. The summed E-state index contributed by atoms with van der Waals surface area (Å²) in [5, 5.41) is 9.66. The maximum Gasteiger partial charge on any atom is 0.270 e. The molecular formula is C15H20N4O2S. The van der Waals surface area contributed by atoms with Crippen molar-refractivity contribution in [3.63, 3.8) is 0 Å². The van der Waals surface area contributed by atoms with Gasteiger partial charge in [0.15, 0.2) is 0 Å². The molecule has 0 bridgehead atoms. The molecule has 0 radical (unpaired) electrons. The highest BCUT2D eigenvalue weighted by Crippen LogP contribution is 2.14. The number of amides is 2. The van der Waals surface area contributed by atoms with E-state index < -0.39 is 0 Å². The molecule has 0 unspecified atom stereocenters. The van der Waals surface area contributed by atoms with Crippen LogP contribution in [-0.4, -0.2) is 65.6 Å². The van der Waals surface area contributed by atoms with Crippen LogP contribution in [0, 0.1) is 0 Å². The van der Waals surface area contributed by atoms with Gasteiger partial charge < -0.3 is 4.90 Å². The van der Waals surface area contributed by atoms with Crippen LogP contribution < -0.4 is 0 Å². The summed E-state index contributed by atoms with van der Waals surface area (Å²) >= 11 is 1.71. The minimum atomic E-state index is -0.0304. The van der Waals surface area contributed by atoms with Crippen LogP contribution in [0.1, 0.15) is 18.4 Å². The molecule has 1 aromatic heterocycles. The van der Waals surface area contributed by atoms with Gasteiger partial charge in [0.1, 0.15) is 5.71 Å². The zero-order valence-electron chi connectivity index (χ0n) is 12.7. The highest BCUT2D eigenvalue weighted by Gasteiger charge is 2.28. The van der Waals surface area contributed by atoms with Crippen LogP contribution in [-0.2, 0) is 16.1 Å². The predicted octanol–water partition coefficient (Wildman–Crippen LogP) is 1.00. The number of carbonyl (C=O) groups excluding carboxylic acids is 2. The number of thiophene rings is 1.